The highest BCUT2D eigenvalue weighted by molar-refractivity contribution is 7.17. The summed E-state index contributed by atoms with van der Waals surface area (Å²) >= 11 is 1.39. The Bertz CT molecular complexity index is 831. The van der Waals surface area contributed by atoms with E-state index in [1.165, 1.54) is 11.3 Å². The predicted octanol–water partition coefficient (Wildman–Crippen LogP) is 4.78. The Morgan fingerprint density at radius 3 is 2.60 bits per heavy atom. The number of carbonyl (C=O) groups excluding carboxylic acids is 1. The molecule has 25 heavy (non-hydrogen) atoms. The molecule has 128 valence electrons. The Morgan fingerprint density at radius 2 is 1.92 bits per heavy atom. The fourth-order valence-electron chi connectivity index (χ4n) is 2.73. The Kier molecular flexibility index (Phi) is 5.56. The van der Waals surface area contributed by atoms with Crippen LogP contribution in [-0.2, 0) is 0 Å². The fourth-order valence-corrected chi connectivity index (χ4v) is 3.67. The van der Waals surface area contributed by atoms with Crippen molar-refractivity contribution in [3.8, 4) is 10.7 Å². The number of amides is 1. The molecule has 1 N–H and O–H groups in total. The molecule has 0 aliphatic rings. The first kappa shape index (κ1) is 17.3. The number of nitrogens with one attached hydrogen (secondary N) is 1. The van der Waals surface area contributed by atoms with E-state index in [0.29, 0.717) is 4.88 Å². The SMILES string of the molecule is CCC[C@@H](NC(=O)c1sc(-c2ccccn2)nc1C)c1ccccc1. The first-order chi connectivity index (χ1) is 12.2. The minimum absolute atomic E-state index is 0.0125. The number of thiazole rings is 1. The number of aromatic nitrogens is 2. The summed E-state index contributed by atoms with van der Waals surface area (Å²) in [6, 6.07) is 15.8. The molecule has 1 atom stereocenters. The van der Waals surface area contributed by atoms with Crippen LogP contribution in [-0.4, -0.2) is 15.9 Å². The molecule has 0 unspecified atom stereocenters. The van der Waals surface area contributed by atoms with Crippen molar-refractivity contribution in [1.82, 2.24) is 15.3 Å². The van der Waals surface area contributed by atoms with Crippen molar-refractivity contribution in [2.75, 3.05) is 0 Å². The molecule has 3 aromatic rings. The summed E-state index contributed by atoms with van der Waals surface area (Å²) in [5.41, 5.74) is 2.67. The van der Waals surface area contributed by atoms with Crippen LogP contribution < -0.4 is 5.32 Å². The molecule has 2 heterocycles. The molecule has 3 rings (SSSR count). The summed E-state index contributed by atoms with van der Waals surface area (Å²) in [5.74, 6) is -0.0699. The van der Waals surface area contributed by atoms with Crippen molar-refractivity contribution < 1.29 is 4.79 Å². The van der Waals surface area contributed by atoms with E-state index >= 15 is 0 Å². The van der Waals surface area contributed by atoms with Crippen LogP contribution in [0.2, 0.25) is 0 Å². The lowest BCUT2D eigenvalue weighted by atomic mass is 10.0. The van der Waals surface area contributed by atoms with Crippen LogP contribution in [0.25, 0.3) is 10.7 Å². The Balaban J connectivity index is 1.82. The van der Waals surface area contributed by atoms with Gasteiger partial charge in [-0.05, 0) is 31.0 Å². The quantitative estimate of drug-likeness (QED) is 0.695. The van der Waals surface area contributed by atoms with Crippen LogP contribution in [0.4, 0.5) is 0 Å². The van der Waals surface area contributed by atoms with E-state index in [1.54, 1.807) is 6.20 Å². The minimum Gasteiger partial charge on any atom is -0.344 e. The molecule has 1 aromatic carbocycles. The molecular weight excluding hydrogens is 330 g/mol. The molecule has 0 aliphatic carbocycles. The monoisotopic (exact) mass is 351 g/mol. The summed E-state index contributed by atoms with van der Waals surface area (Å²) in [5, 5.41) is 3.94. The van der Waals surface area contributed by atoms with Crippen molar-refractivity contribution in [2.24, 2.45) is 0 Å². The Labute approximate surface area is 152 Å². The second-order valence-electron chi connectivity index (χ2n) is 5.87. The maximum Gasteiger partial charge on any atom is 0.263 e. The lowest BCUT2D eigenvalue weighted by Gasteiger charge is -2.18. The van der Waals surface area contributed by atoms with Gasteiger partial charge in [0.15, 0.2) is 0 Å². The van der Waals surface area contributed by atoms with Gasteiger partial charge in [0.1, 0.15) is 9.88 Å². The van der Waals surface area contributed by atoms with Gasteiger partial charge in [-0.1, -0.05) is 49.7 Å². The summed E-state index contributed by atoms with van der Waals surface area (Å²) in [6.45, 7) is 3.99. The molecule has 4 nitrogen and oxygen atoms in total. The zero-order valence-electron chi connectivity index (χ0n) is 14.4. The van der Waals surface area contributed by atoms with Crippen molar-refractivity contribution >= 4 is 17.2 Å². The maximum absolute atomic E-state index is 12.8. The van der Waals surface area contributed by atoms with Gasteiger partial charge in [-0.25, -0.2) is 4.98 Å². The van der Waals surface area contributed by atoms with E-state index in [1.807, 2.05) is 43.3 Å². The van der Waals surface area contributed by atoms with Crippen molar-refractivity contribution in [3.63, 3.8) is 0 Å². The van der Waals surface area contributed by atoms with Crippen LogP contribution in [0.5, 0.6) is 0 Å². The van der Waals surface area contributed by atoms with E-state index in [2.05, 4.69) is 34.3 Å². The number of aryl methyl sites for hydroxylation is 1. The van der Waals surface area contributed by atoms with Gasteiger partial charge < -0.3 is 5.32 Å². The first-order valence-corrected chi connectivity index (χ1v) is 9.25. The molecular formula is C20H21N3OS. The second-order valence-corrected chi connectivity index (χ2v) is 6.87. The highest BCUT2D eigenvalue weighted by Gasteiger charge is 2.20. The van der Waals surface area contributed by atoms with E-state index in [-0.39, 0.29) is 11.9 Å². The number of hydrogen-bond acceptors (Lipinski definition) is 4. The summed E-state index contributed by atoms with van der Waals surface area (Å²) in [4.78, 5) is 22.3. The van der Waals surface area contributed by atoms with Gasteiger partial charge in [0.2, 0.25) is 0 Å². The molecule has 0 bridgehead atoms. The highest BCUT2D eigenvalue weighted by atomic mass is 32.1. The van der Waals surface area contributed by atoms with Crippen molar-refractivity contribution in [3.05, 3.63) is 70.9 Å². The summed E-state index contributed by atoms with van der Waals surface area (Å²) in [6.07, 6.45) is 3.64. The number of hydrogen-bond donors (Lipinski definition) is 1. The number of nitrogens with zero attached hydrogens (tertiary/aromatic N) is 2. The van der Waals surface area contributed by atoms with Gasteiger partial charge in [0.05, 0.1) is 17.4 Å². The number of benzene rings is 1. The Hall–Kier alpha value is -2.53. The number of carbonyl (C=O) groups is 1. The van der Waals surface area contributed by atoms with E-state index in [4.69, 9.17) is 0 Å². The van der Waals surface area contributed by atoms with E-state index in [0.717, 1.165) is 34.8 Å². The van der Waals surface area contributed by atoms with Gasteiger partial charge in [-0.3, -0.25) is 9.78 Å². The predicted molar refractivity (Wildman–Crippen MR) is 102 cm³/mol. The zero-order chi connectivity index (χ0) is 17.6. The van der Waals surface area contributed by atoms with Crippen molar-refractivity contribution in [1.29, 1.82) is 0 Å². The summed E-state index contributed by atoms with van der Waals surface area (Å²) < 4.78 is 0. The maximum atomic E-state index is 12.8. The third kappa shape index (κ3) is 4.12. The average Bonchev–Trinajstić information content (AvgIpc) is 3.05. The molecule has 0 saturated heterocycles. The first-order valence-electron chi connectivity index (χ1n) is 8.43. The molecule has 0 aliphatic heterocycles. The average molecular weight is 351 g/mol. The minimum atomic E-state index is -0.0699. The van der Waals surface area contributed by atoms with Crippen LogP contribution in [0.1, 0.15) is 46.7 Å². The van der Waals surface area contributed by atoms with Crippen LogP contribution >= 0.6 is 11.3 Å². The number of pyridine rings is 1. The second kappa shape index (κ2) is 8.03. The van der Waals surface area contributed by atoms with Gasteiger partial charge in [-0.2, -0.15) is 0 Å². The van der Waals surface area contributed by atoms with E-state index in [9.17, 15) is 4.79 Å². The lowest BCUT2D eigenvalue weighted by molar-refractivity contribution is 0.0938. The highest BCUT2D eigenvalue weighted by Crippen LogP contribution is 2.27. The van der Waals surface area contributed by atoms with Gasteiger partial charge >= 0.3 is 0 Å². The molecule has 2 aromatic heterocycles. The molecule has 0 fully saturated rings. The molecule has 1 amide bonds. The normalized spacial score (nSPS) is 11.9. The lowest BCUT2D eigenvalue weighted by Crippen LogP contribution is -2.28. The topological polar surface area (TPSA) is 54.9 Å². The van der Waals surface area contributed by atoms with E-state index < -0.39 is 0 Å². The van der Waals surface area contributed by atoms with Crippen LogP contribution in [0.15, 0.2) is 54.7 Å². The third-order valence-electron chi connectivity index (χ3n) is 3.97. The van der Waals surface area contributed by atoms with Crippen molar-refractivity contribution in [2.45, 2.75) is 32.7 Å². The smallest absolute Gasteiger partial charge is 0.263 e. The van der Waals surface area contributed by atoms with Gasteiger partial charge in [-0.15, -0.1) is 11.3 Å². The van der Waals surface area contributed by atoms with Crippen LogP contribution in [0.3, 0.4) is 0 Å². The van der Waals surface area contributed by atoms with Gasteiger partial charge in [0, 0.05) is 6.20 Å². The van der Waals surface area contributed by atoms with Crippen LogP contribution in [0, 0.1) is 6.92 Å². The molecule has 0 spiro atoms. The number of rotatable bonds is 6. The zero-order valence-corrected chi connectivity index (χ0v) is 15.2. The molecule has 5 heteroatoms. The largest absolute Gasteiger partial charge is 0.344 e. The third-order valence-corrected chi connectivity index (χ3v) is 5.15. The standard InChI is InChI=1S/C20H21N3OS/c1-3-9-16(15-10-5-4-6-11-15)23-19(24)18-14(2)22-20(25-18)17-12-7-8-13-21-17/h4-8,10-13,16H,3,9H2,1-2H3,(H,23,24)/t16-/m1/s1. The van der Waals surface area contributed by atoms with Gasteiger partial charge in [0.25, 0.3) is 5.91 Å². The fraction of sp³-hybridized carbons (Fsp3) is 0.250. The Morgan fingerprint density at radius 1 is 1.16 bits per heavy atom. The summed E-state index contributed by atoms with van der Waals surface area (Å²) in [7, 11) is 0. The molecule has 0 saturated carbocycles. The molecule has 0 radical (unpaired) electrons.